The summed E-state index contributed by atoms with van der Waals surface area (Å²) in [4.78, 5) is 18.0. The Labute approximate surface area is 163 Å². The molecular formula is C21H22N2O3S. The number of carbonyl (C=O) groups excluding carboxylic acids is 1. The van der Waals surface area contributed by atoms with Gasteiger partial charge in [0.2, 0.25) is 5.91 Å². The highest BCUT2D eigenvalue weighted by molar-refractivity contribution is 7.16. The Morgan fingerprint density at radius 2 is 1.81 bits per heavy atom. The molecule has 3 rings (SSSR count). The fourth-order valence-electron chi connectivity index (χ4n) is 2.79. The number of nitrogens with zero attached hydrogens (tertiary/aromatic N) is 1. The summed E-state index contributed by atoms with van der Waals surface area (Å²) in [5.74, 6) is 1.29. The van der Waals surface area contributed by atoms with Crippen molar-refractivity contribution in [2.75, 3.05) is 19.5 Å². The third-order valence-electron chi connectivity index (χ3n) is 4.18. The molecule has 0 aliphatic rings. The maximum Gasteiger partial charge on any atom is 0.226 e. The molecule has 2 aromatic carbocycles. The summed E-state index contributed by atoms with van der Waals surface area (Å²) in [5.41, 5.74) is 2.98. The van der Waals surface area contributed by atoms with Crippen molar-refractivity contribution >= 4 is 22.4 Å². The van der Waals surface area contributed by atoms with E-state index < -0.39 is 0 Å². The molecule has 3 aromatic rings. The van der Waals surface area contributed by atoms with E-state index in [1.165, 1.54) is 11.3 Å². The van der Waals surface area contributed by atoms with Crippen LogP contribution in [0.2, 0.25) is 0 Å². The topological polar surface area (TPSA) is 60.5 Å². The number of rotatable bonds is 7. The van der Waals surface area contributed by atoms with Gasteiger partial charge in [-0.15, -0.1) is 11.3 Å². The van der Waals surface area contributed by atoms with Gasteiger partial charge in [-0.05, 0) is 31.0 Å². The molecule has 0 spiro atoms. The Kier molecular flexibility index (Phi) is 6.08. The molecule has 6 heteroatoms. The summed E-state index contributed by atoms with van der Waals surface area (Å²) in [5, 5.41) is 3.54. The number of carbonyl (C=O) groups is 1. The Morgan fingerprint density at radius 3 is 2.52 bits per heavy atom. The predicted molar refractivity (Wildman–Crippen MR) is 109 cm³/mol. The van der Waals surface area contributed by atoms with Gasteiger partial charge in [0.15, 0.2) is 16.6 Å². The second-order valence-corrected chi connectivity index (χ2v) is 7.23. The number of thiazole rings is 1. The first kappa shape index (κ1) is 18.9. The zero-order valence-electron chi connectivity index (χ0n) is 15.6. The number of aryl methyl sites for hydroxylation is 2. The fourth-order valence-corrected chi connectivity index (χ4v) is 3.64. The maximum absolute atomic E-state index is 12.3. The summed E-state index contributed by atoms with van der Waals surface area (Å²) >= 11 is 1.49. The van der Waals surface area contributed by atoms with Crippen molar-refractivity contribution in [3.63, 3.8) is 0 Å². The van der Waals surface area contributed by atoms with Crippen molar-refractivity contribution in [3.05, 3.63) is 59.0 Å². The Morgan fingerprint density at radius 1 is 1.07 bits per heavy atom. The number of aromatic nitrogens is 1. The summed E-state index contributed by atoms with van der Waals surface area (Å²) in [7, 11) is 3.20. The van der Waals surface area contributed by atoms with Crippen LogP contribution in [0.4, 0.5) is 5.13 Å². The van der Waals surface area contributed by atoms with Crippen LogP contribution in [0.5, 0.6) is 11.5 Å². The lowest BCUT2D eigenvalue weighted by Crippen LogP contribution is -2.12. The molecule has 1 N–H and O–H groups in total. The molecule has 0 atom stereocenters. The lowest BCUT2D eigenvalue weighted by molar-refractivity contribution is -0.116. The SMILES string of the molecule is COc1ccc(CCC(=O)Nc2nc(-c3ccccc3)c(C)s2)cc1OC. The van der Waals surface area contributed by atoms with E-state index in [0.29, 0.717) is 29.5 Å². The Hall–Kier alpha value is -2.86. The van der Waals surface area contributed by atoms with Gasteiger partial charge in [-0.3, -0.25) is 4.79 Å². The van der Waals surface area contributed by atoms with E-state index in [9.17, 15) is 4.79 Å². The second kappa shape index (κ2) is 8.68. The van der Waals surface area contributed by atoms with Crippen LogP contribution in [0.3, 0.4) is 0 Å². The zero-order chi connectivity index (χ0) is 19.2. The number of hydrogen-bond donors (Lipinski definition) is 1. The number of benzene rings is 2. The van der Waals surface area contributed by atoms with Crippen molar-refractivity contribution < 1.29 is 14.3 Å². The highest BCUT2D eigenvalue weighted by Crippen LogP contribution is 2.30. The average Bonchev–Trinajstić information content (AvgIpc) is 3.06. The predicted octanol–water partition coefficient (Wildman–Crippen LogP) is 4.71. The van der Waals surface area contributed by atoms with Gasteiger partial charge in [-0.1, -0.05) is 36.4 Å². The van der Waals surface area contributed by atoms with Crippen LogP contribution >= 0.6 is 11.3 Å². The number of anilines is 1. The third kappa shape index (κ3) is 4.65. The highest BCUT2D eigenvalue weighted by Gasteiger charge is 2.12. The molecule has 0 fully saturated rings. The van der Waals surface area contributed by atoms with Crippen molar-refractivity contribution in [2.45, 2.75) is 19.8 Å². The molecule has 27 heavy (non-hydrogen) atoms. The van der Waals surface area contributed by atoms with Gasteiger partial charge in [-0.25, -0.2) is 4.98 Å². The van der Waals surface area contributed by atoms with Crippen LogP contribution in [0.1, 0.15) is 16.9 Å². The number of methoxy groups -OCH3 is 2. The molecule has 0 unspecified atom stereocenters. The largest absolute Gasteiger partial charge is 0.493 e. The van der Waals surface area contributed by atoms with Crippen molar-refractivity contribution in [3.8, 4) is 22.8 Å². The van der Waals surface area contributed by atoms with Crippen LogP contribution in [-0.2, 0) is 11.2 Å². The van der Waals surface area contributed by atoms with Gasteiger partial charge >= 0.3 is 0 Å². The van der Waals surface area contributed by atoms with Crippen LogP contribution in [0, 0.1) is 6.92 Å². The van der Waals surface area contributed by atoms with Crippen LogP contribution in [-0.4, -0.2) is 25.1 Å². The first-order valence-corrected chi connectivity index (χ1v) is 9.46. The first-order chi connectivity index (χ1) is 13.1. The summed E-state index contributed by atoms with van der Waals surface area (Å²) in [6, 6.07) is 15.7. The van der Waals surface area contributed by atoms with Crippen LogP contribution in [0.25, 0.3) is 11.3 Å². The van der Waals surface area contributed by atoms with E-state index in [-0.39, 0.29) is 5.91 Å². The number of nitrogens with one attached hydrogen (secondary N) is 1. The maximum atomic E-state index is 12.3. The summed E-state index contributed by atoms with van der Waals surface area (Å²) < 4.78 is 10.5. The van der Waals surface area contributed by atoms with Crippen LogP contribution < -0.4 is 14.8 Å². The van der Waals surface area contributed by atoms with E-state index in [4.69, 9.17) is 9.47 Å². The quantitative estimate of drug-likeness (QED) is 0.643. The molecule has 0 bridgehead atoms. The molecular weight excluding hydrogens is 360 g/mol. The van der Waals surface area contributed by atoms with E-state index >= 15 is 0 Å². The number of hydrogen-bond acceptors (Lipinski definition) is 5. The van der Waals surface area contributed by atoms with Crippen molar-refractivity contribution in [2.24, 2.45) is 0 Å². The lowest BCUT2D eigenvalue weighted by Gasteiger charge is -2.09. The first-order valence-electron chi connectivity index (χ1n) is 8.64. The van der Waals surface area contributed by atoms with Crippen molar-refractivity contribution in [1.82, 2.24) is 4.98 Å². The van der Waals surface area contributed by atoms with Crippen molar-refractivity contribution in [1.29, 1.82) is 0 Å². The molecule has 0 aliphatic carbocycles. The minimum Gasteiger partial charge on any atom is -0.493 e. The average molecular weight is 382 g/mol. The minimum atomic E-state index is -0.0573. The monoisotopic (exact) mass is 382 g/mol. The standard InChI is InChI=1S/C21H22N2O3S/c1-14-20(16-7-5-4-6-8-16)23-21(27-14)22-19(24)12-10-15-9-11-17(25-2)18(13-15)26-3/h4-9,11,13H,10,12H2,1-3H3,(H,22,23,24). The van der Waals surface area contributed by atoms with E-state index in [0.717, 1.165) is 21.7 Å². The van der Waals surface area contributed by atoms with Gasteiger partial charge in [0.05, 0.1) is 19.9 Å². The normalized spacial score (nSPS) is 10.5. The molecule has 0 saturated carbocycles. The summed E-state index contributed by atoms with van der Waals surface area (Å²) in [6.07, 6.45) is 0.983. The van der Waals surface area contributed by atoms with Gasteiger partial charge < -0.3 is 14.8 Å². The van der Waals surface area contributed by atoms with E-state index in [1.54, 1.807) is 14.2 Å². The molecule has 1 aromatic heterocycles. The molecule has 5 nitrogen and oxygen atoms in total. The number of ether oxygens (including phenoxy) is 2. The highest BCUT2D eigenvalue weighted by atomic mass is 32.1. The molecule has 0 aliphatic heterocycles. The summed E-state index contributed by atoms with van der Waals surface area (Å²) in [6.45, 7) is 2.01. The second-order valence-electron chi connectivity index (χ2n) is 6.03. The molecule has 140 valence electrons. The van der Waals surface area contributed by atoms with E-state index in [1.807, 2.05) is 55.5 Å². The molecule has 0 saturated heterocycles. The van der Waals surface area contributed by atoms with Gasteiger partial charge in [0.1, 0.15) is 0 Å². The Bertz CT molecular complexity index is 922. The van der Waals surface area contributed by atoms with Gasteiger partial charge in [0.25, 0.3) is 0 Å². The minimum absolute atomic E-state index is 0.0573. The van der Waals surface area contributed by atoms with Gasteiger partial charge in [-0.2, -0.15) is 0 Å². The smallest absolute Gasteiger partial charge is 0.226 e. The van der Waals surface area contributed by atoms with Gasteiger partial charge in [0, 0.05) is 16.9 Å². The Balaban J connectivity index is 1.62. The zero-order valence-corrected chi connectivity index (χ0v) is 16.4. The number of amides is 1. The molecule has 1 heterocycles. The van der Waals surface area contributed by atoms with E-state index in [2.05, 4.69) is 10.3 Å². The molecule has 0 radical (unpaired) electrons. The third-order valence-corrected chi connectivity index (χ3v) is 5.07. The molecule has 1 amide bonds. The van der Waals surface area contributed by atoms with Crippen LogP contribution in [0.15, 0.2) is 48.5 Å². The fraction of sp³-hybridized carbons (Fsp3) is 0.238. The lowest BCUT2D eigenvalue weighted by atomic mass is 10.1.